The normalized spacial score (nSPS) is 19.1. The number of aliphatic hydroxyl groups excluding tert-OH is 1. The molecule has 1 aliphatic heterocycles. The van der Waals surface area contributed by atoms with Crippen LogP contribution in [0.3, 0.4) is 0 Å². The molecule has 5 nitrogen and oxygen atoms in total. The molecule has 0 aliphatic carbocycles. The van der Waals surface area contributed by atoms with Crippen molar-refractivity contribution < 1.29 is 19.2 Å². The second-order valence-corrected chi connectivity index (χ2v) is 7.90. The lowest BCUT2D eigenvalue weighted by atomic mass is 9.81. The topological polar surface area (TPSA) is 72.6 Å². The SMILES string of the molecule is Cc1ccc(-c2c(C)noc2C)cc1C1=C(O)C(C)(C)OC(C)(C)C1=O. The molecule has 0 saturated carbocycles. The van der Waals surface area contributed by atoms with E-state index in [2.05, 4.69) is 5.16 Å². The van der Waals surface area contributed by atoms with E-state index >= 15 is 0 Å². The van der Waals surface area contributed by atoms with Gasteiger partial charge >= 0.3 is 0 Å². The number of carbonyl (C=O) groups excluding carboxylic acids is 1. The standard InChI is InChI=1S/C21H25NO4/c1-11-8-9-14(16-12(2)22-25-13(16)3)10-15(11)17-18(23)20(4,5)26-21(6,7)19(17)24/h8-10,23H,1-7H3. The maximum Gasteiger partial charge on any atom is 0.198 e. The predicted octanol–water partition coefficient (Wildman–Crippen LogP) is 4.69. The summed E-state index contributed by atoms with van der Waals surface area (Å²) in [4.78, 5) is 13.1. The van der Waals surface area contributed by atoms with Crippen LogP contribution in [0.2, 0.25) is 0 Å². The Morgan fingerprint density at radius 2 is 1.69 bits per heavy atom. The highest BCUT2D eigenvalue weighted by atomic mass is 16.5. The summed E-state index contributed by atoms with van der Waals surface area (Å²) in [7, 11) is 0. The van der Waals surface area contributed by atoms with E-state index in [1.165, 1.54) is 0 Å². The summed E-state index contributed by atoms with van der Waals surface area (Å²) >= 11 is 0. The number of benzene rings is 1. The van der Waals surface area contributed by atoms with Gasteiger partial charge in [0.25, 0.3) is 0 Å². The molecule has 1 N–H and O–H groups in total. The Morgan fingerprint density at radius 1 is 1.04 bits per heavy atom. The molecule has 138 valence electrons. The fourth-order valence-electron chi connectivity index (χ4n) is 3.63. The zero-order valence-electron chi connectivity index (χ0n) is 16.4. The summed E-state index contributed by atoms with van der Waals surface area (Å²) in [5.74, 6) is 0.448. The minimum Gasteiger partial charge on any atom is -0.508 e. The molecule has 0 radical (unpaired) electrons. The van der Waals surface area contributed by atoms with Gasteiger partial charge < -0.3 is 14.4 Å². The van der Waals surface area contributed by atoms with Gasteiger partial charge in [0.15, 0.2) is 5.78 Å². The first-order chi connectivity index (χ1) is 12.0. The number of hydrogen-bond donors (Lipinski definition) is 1. The van der Waals surface area contributed by atoms with Gasteiger partial charge in [-0.2, -0.15) is 0 Å². The summed E-state index contributed by atoms with van der Waals surface area (Å²) in [5, 5.41) is 14.8. The lowest BCUT2D eigenvalue weighted by molar-refractivity contribution is -0.158. The van der Waals surface area contributed by atoms with Gasteiger partial charge in [-0.3, -0.25) is 4.79 Å². The third-order valence-corrected chi connectivity index (χ3v) is 4.92. The smallest absolute Gasteiger partial charge is 0.198 e. The maximum atomic E-state index is 13.1. The van der Waals surface area contributed by atoms with E-state index in [0.717, 1.165) is 28.1 Å². The second kappa shape index (κ2) is 5.81. The lowest BCUT2D eigenvalue weighted by Gasteiger charge is -2.40. The number of carbonyl (C=O) groups is 1. The third-order valence-electron chi connectivity index (χ3n) is 4.92. The largest absolute Gasteiger partial charge is 0.508 e. The monoisotopic (exact) mass is 355 g/mol. The van der Waals surface area contributed by atoms with Gasteiger partial charge in [-0.1, -0.05) is 17.3 Å². The Kier molecular flexibility index (Phi) is 4.11. The van der Waals surface area contributed by atoms with E-state index < -0.39 is 11.2 Å². The van der Waals surface area contributed by atoms with Gasteiger partial charge in [0.2, 0.25) is 0 Å². The Balaban J connectivity index is 2.26. The van der Waals surface area contributed by atoms with Crippen molar-refractivity contribution in [3.8, 4) is 11.1 Å². The Hall–Kier alpha value is -2.40. The number of rotatable bonds is 2. The molecular weight excluding hydrogens is 330 g/mol. The van der Waals surface area contributed by atoms with Gasteiger partial charge in [0.1, 0.15) is 22.7 Å². The fourth-order valence-corrected chi connectivity index (χ4v) is 3.63. The van der Waals surface area contributed by atoms with E-state index in [0.29, 0.717) is 11.1 Å². The molecule has 1 aliphatic rings. The number of nitrogens with zero attached hydrogens (tertiary/aromatic N) is 1. The highest BCUT2D eigenvalue weighted by Crippen LogP contribution is 2.41. The molecule has 1 aromatic carbocycles. The van der Waals surface area contributed by atoms with Crippen LogP contribution in [0.15, 0.2) is 28.5 Å². The molecule has 3 rings (SSSR count). The van der Waals surface area contributed by atoms with E-state index in [4.69, 9.17) is 9.26 Å². The summed E-state index contributed by atoms with van der Waals surface area (Å²) in [6.45, 7) is 12.7. The quantitative estimate of drug-likeness (QED) is 0.846. The predicted molar refractivity (Wildman–Crippen MR) is 99.9 cm³/mol. The number of aliphatic hydroxyl groups is 1. The molecule has 5 heteroatoms. The van der Waals surface area contributed by atoms with E-state index in [9.17, 15) is 9.90 Å². The van der Waals surface area contributed by atoms with Crippen LogP contribution >= 0.6 is 0 Å². The number of aryl methyl sites for hydroxylation is 3. The van der Waals surface area contributed by atoms with Crippen molar-refractivity contribution in [3.63, 3.8) is 0 Å². The van der Waals surface area contributed by atoms with Crippen LogP contribution in [0.25, 0.3) is 16.7 Å². The molecule has 0 atom stereocenters. The Labute approximate surface area is 153 Å². The zero-order valence-corrected chi connectivity index (χ0v) is 16.4. The molecule has 2 heterocycles. The van der Waals surface area contributed by atoms with Crippen LogP contribution in [0.5, 0.6) is 0 Å². The summed E-state index contributed by atoms with van der Waals surface area (Å²) < 4.78 is 11.1. The van der Waals surface area contributed by atoms with Crippen LogP contribution in [-0.2, 0) is 9.53 Å². The fraction of sp³-hybridized carbons (Fsp3) is 0.429. The van der Waals surface area contributed by atoms with Crippen molar-refractivity contribution in [2.24, 2.45) is 0 Å². The van der Waals surface area contributed by atoms with Crippen molar-refractivity contribution in [2.75, 3.05) is 0 Å². The Bertz CT molecular complexity index is 912. The van der Waals surface area contributed by atoms with Gasteiger partial charge in [-0.05, 0) is 71.2 Å². The van der Waals surface area contributed by atoms with Gasteiger partial charge in [-0.25, -0.2) is 0 Å². The molecular formula is C21H25NO4. The number of Topliss-reactive ketones (excluding diaryl/α,β-unsaturated/α-hetero) is 1. The molecule has 1 aromatic heterocycles. The highest BCUT2D eigenvalue weighted by Gasteiger charge is 2.47. The molecule has 0 spiro atoms. The first-order valence-corrected chi connectivity index (χ1v) is 8.68. The van der Waals surface area contributed by atoms with Gasteiger partial charge in [0.05, 0.1) is 11.3 Å². The van der Waals surface area contributed by atoms with Gasteiger partial charge in [0, 0.05) is 5.56 Å². The Morgan fingerprint density at radius 3 is 2.27 bits per heavy atom. The minimum atomic E-state index is -1.02. The van der Waals surface area contributed by atoms with Crippen LogP contribution < -0.4 is 0 Å². The molecule has 0 fully saturated rings. The average molecular weight is 355 g/mol. The summed E-state index contributed by atoms with van der Waals surface area (Å²) in [6.07, 6.45) is 0. The summed E-state index contributed by atoms with van der Waals surface area (Å²) in [6, 6.07) is 5.84. The van der Waals surface area contributed by atoms with Crippen molar-refractivity contribution in [1.29, 1.82) is 0 Å². The molecule has 0 saturated heterocycles. The second-order valence-electron chi connectivity index (χ2n) is 7.90. The van der Waals surface area contributed by atoms with Gasteiger partial charge in [-0.15, -0.1) is 0 Å². The van der Waals surface area contributed by atoms with Crippen LogP contribution in [0.4, 0.5) is 0 Å². The number of aromatic nitrogens is 1. The maximum absolute atomic E-state index is 13.1. The number of ether oxygens (including phenoxy) is 1. The van der Waals surface area contributed by atoms with E-state index in [1.807, 2.05) is 39.0 Å². The minimum absolute atomic E-state index is 0.0409. The molecule has 0 amide bonds. The third kappa shape index (κ3) is 2.76. The van der Waals surface area contributed by atoms with Crippen molar-refractivity contribution in [1.82, 2.24) is 5.16 Å². The van der Waals surface area contributed by atoms with Crippen LogP contribution in [0.1, 0.15) is 50.3 Å². The number of ketones is 1. The lowest BCUT2D eigenvalue weighted by Crippen LogP contribution is -2.49. The summed E-state index contributed by atoms with van der Waals surface area (Å²) in [5.41, 5.74) is 2.56. The first-order valence-electron chi connectivity index (χ1n) is 8.68. The van der Waals surface area contributed by atoms with E-state index in [-0.39, 0.29) is 11.5 Å². The van der Waals surface area contributed by atoms with Crippen LogP contribution in [0, 0.1) is 20.8 Å². The molecule has 2 aromatic rings. The van der Waals surface area contributed by atoms with Crippen LogP contribution in [-0.4, -0.2) is 27.2 Å². The van der Waals surface area contributed by atoms with Crippen molar-refractivity contribution in [3.05, 3.63) is 46.5 Å². The molecule has 0 bridgehead atoms. The van der Waals surface area contributed by atoms with Crippen molar-refractivity contribution in [2.45, 2.75) is 59.7 Å². The molecule has 26 heavy (non-hydrogen) atoms. The number of hydrogen-bond acceptors (Lipinski definition) is 5. The van der Waals surface area contributed by atoms with Crippen molar-refractivity contribution >= 4 is 11.4 Å². The zero-order chi connectivity index (χ0) is 19.4. The molecule has 0 unspecified atom stereocenters. The highest BCUT2D eigenvalue weighted by molar-refractivity contribution is 6.26. The average Bonchev–Trinajstić information content (AvgIpc) is 2.86. The van der Waals surface area contributed by atoms with E-state index in [1.54, 1.807) is 27.7 Å². The first kappa shape index (κ1) is 18.4.